The number of nitrogens with one attached hydrogen (secondary N) is 1. The molecule has 2 aromatic carbocycles. The van der Waals surface area contributed by atoms with Gasteiger partial charge >= 0.3 is 5.69 Å². The number of hydrogen-bond donors (Lipinski definition) is 2. The van der Waals surface area contributed by atoms with E-state index in [9.17, 15) is 14.4 Å². The summed E-state index contributed by atoms with van der Waals surface area (Å²) in [6, 6.07) is 17.2. The SMILES string of the molecule is CCN(C(=O)CN(C1CC1)C(C)c1ccc(Cl)cc1)c1c(N)n(Cc2ccccc2)c(=O)[nH]c1=O. The third-order valence-electron chi connectivity index (χ3n) is 6.47. The number of halogens is 1. The molecule has 0 spiro atoms. The third kappa shape index (κ3) is 5.49. The number of aromatic nitrogens is 2. The quantitative estimate of drug-likeness (QED) is 0.473. The number of amides is 1. The molecule has 1 fully saturated rings. The maximum atomic E-state index is 13.5. The van der Waals surface area contributed by atoms with Gasteiger partial charge in [0, 0.05) is 23.7 Å². The summed E-state index contributed by atoms with van der Waals surface area (Å²) in [5.74, 6) is -0.274. The Morgan fingerprint density at radius 1 is 1.14 bits per heavy atom. The van der Waals surface area contributed by atoms with E-state index in [1.165, 1.54) is 9.47 Å². The Labute approximate surface area is 208 Å². The number of carbonyl (C=O) groups excluding carboxylic acids is 1. The van der Waals surface area contributed by atoms with Gasteiger partial charge in [-0.05, 0) is 49.9 Å². The fourth-order valence-corrected chi connectivity index (χ4v) is 4.51. The van der Waals surface area contributed by atoms with E-state index in [1.54, 1.807) is 6.92 Å². The zero-order valence-corrected chi connectivity index (χ0v) is 20.7. The molecule has 0 radical (unpaired) electrons. The van der Waals surface area contributed by atoms with Gasteiger partial charge in [0.05, 0.1) is 13.1 Å². The Bertz CT molecular complexity index is 1300. The van der Waals surface area contributed by atoms with E-state index in [1.807, 2.05) is 54.6 Å². The average Bonchev–Trinajstić information content (AvgIpc) is 3.69. The van der Waals surface area contributed by atoms with Gasteiger partial charge in [-0.25, -0.2) is 4.79 Å². The molecule has 3 N–H and O–H groups in total. The van der Waals surface area contributed by atoms with Crippen LogP contribution in [0.25, 0.3) is 0 Å². The highest BCUT2D eigenvalue weighted by atomic mass is 35.5. The number of nitrogens with zero attached hydrogens (tertiary/aromatic N) is 3. The third-order valence-corrected chi connectivity index (χ3v) is 6.72. The summed E-state index contributed by atoms with van der Waals surface area (Å²) in [4.78, 5) is 44.8. The number of H-pyrrole nitrogens is 1. The molecule has 1 aliphatic carbocycles. The van der Waals surface area contributed by atoms with E-state index in [2.05, 4.69) is 16.8 Å². The van der Waals surface area contributed by atoms with Crippen molar-refractivity contribution in [2.45, 2.75) is 45.3 Å². The van der Waals surface area contributed by atoms with Crippen LogP contribution in [0.15, 0.2) is 64.2 Å². The highest BCUT2D eigenvalue weighted by Gasteiger charge is 2.35. The molecule has 35 heavy (non-hydrogen) atoms. The Kier molecular flexibility index (Phi) is 7.42. The van der Waals surface area contributed by atoms with Gasteiger partial charge < -0.3 is 10.6 Å². The van der Waals surface area contributed by atoms with Crippen LogP contribution < -0.4 is 21.9 Å². The van der Waals surface area contributed by atoms with Gasteiger partial charge in [-0.3, -0.25) is 24.0 Å². The zero-order valence-electron chi connectivity index (χ0n) is 19.9. The molecule has 9 heteroatoms. The Morgan fingerprint density at radius 2 is 1.80 bits per heavy atom. The average molecular weight is 496 g/mol. The molecule has 1 heterocycles. The van der Waals surface area contributed by atoms with Crippen LogP contribution >= 0.6 is 11.6 Å². The first-order valence-electron chi connectivity index (χ1n) is 11.8. The van der Waals surface area contributed by atoms with Crippen LogP contribution in [-0.4, -0.2) is 39.5 Å². The minimum Gasteiger partial charge on any atom is -0.383 e. The molecular weight excluding hydrogens is 466 g/mol. The standard InChI is InChI=1S/C26H30ClN5O3/c1-3-30(22(33)16-31(21-13-14-21)17(2)19-9-11-20(27)12-10-19)23-24(28)32(26(35)29-25(23)34)15-18-7-5-4-6-8-18/h4-12,17,21H,3,13-16,28H2,1-2H3,(H,29,34,35). The molecule has 1 amide bonds. The summed E-state index contributed by atoms with van der Waals surface area (Å²) in [5, 5.41) is 0.660. The second-order valence-corrected chi connectivity index (χ2v) is 9.27. The van der Waals surface area contributed by atoms with Crippen molar-refractivity contribution < 1.29 is 4.79 Å². The smallest absolute Gasteiger partial charge is 0.330 e. The summed E-state index contributed by atoms with van der Waals surface area (Å²) < 4.78 is 1.29. The molecule has 184 valence electrons. The molecule has 3 aromatic rings. The van der Waals surface area contributed by atoms with Gasteiger partial charge in [0.25, 0.3) is 5.56 Å². The van der Waals surface area contributed by atoms with Crippen molar-refractivity contribution in [3.8, 4) is 0 Å². The lowest BCUT2D eigenvalue weighted by atomic mass is 10.1. The van der Waals surface area contributed by atoms with E-state index in [4.69, 9.17) is 17.3 Å². The minimum absolute atomic E-state index is 0.00271. The fourth-order valence-electron chi connectivity index (χ4n) is 4.38. The van der Waals surface area contributed by atoms with Crippen LogP contribution in [0.5, 0.6) is 0 Å². The van der Waals surface area contributed by atoms with Crippen LogP contribution in [0, 0.1) is 0 Å². The van der Waals surface area contributed by atoms with Crippen molar-refractivity contribution in [1.29, 1.82) is 0 Å². The normalized spacial score (nSPS) is 14.2. The van der Waals surface area contributed by atoms with E-state index < -0.39 is 11.2 Å². The molecule has 0 bridgehead atoms. The lowest BCUT2D eigenvalue weighted by Gasteiger charge is -2.31. The molecule has 0 aliphatic heterocycles. The number of carbonyl (C=O) groups is 1. The van der Waals surface area contributed by atoms with Gasteiger partial charge in [0.15, 0.2) is 5.69 Å². The second-order valence-electron chi connectivity index (χ2n) is 8.83. The second kappa shape index (κ2) is 10.5. The first-order valence-corrected chi connectivity index (χ1v) is 12.2. The largest absolute Gasteiger partial charge is 0.383 e. The van der Waals surface area contributed by atoms with Crippen molar-refractivity contribution in [1.82, 2.24) is 14.5 Å². The Morgan fingerprint density at radius 3 is 2.40 bits per heavy atom. The fraction of sp³-hybridized carbons (Fsp3) is 0.346. The Balaban J connectivity index is 1.63. The van der Waals surface area contributed by atoms with Crippen molar-refractivity contribution in [3.63, 3.8) is 0 Å². The monoisotopic (exact) mass is 495 g/mol. The summed E-state index contributed by atoms with van der Waals surface area (Å²) in [5.41, 5.74) is 6.97. The van der Waals surface area contributed by atoms with Crippen molar-refractivity contribution in [3.05, 3.63) is 91.6 Å². The van der Waals surface area contributed by atoms with E-state index >= 15 is 0 Å². The molecule has 1 atom stereocenters. The van der Waals surface area contributed by atoms with Crippen molar-refractivity contribution in [2.24, 2.45) is 0 Å². The molecule has 1 aromatic heterocycles. The van der Waals surface area contributed by atoms with Gasteiger partial charge in [-0.1, -0.05) is 54.1 Å². The molecule has 8 nitrogen and oxygen atoms in total. The van der Waals surface area contributed by atoms with Crippen LogP contribution in [0.1, 0.15) is 43.9 Å². The van der Waals surface area contributed by atoms with Crippen LogP contribution in [0.4, 0.5) is 11.5 Å². The van der Waals surface area contributed by atoms with Gasteiger partial charge in [-0.2, -0.15) is 0 Å². The Hall–Kier alpha value is -3.36. The molecular formula is C26H30ClN5O3. The van der Waals surface area contributed by atoms with Crippen LogP contribution in [0.2, 0.25) is 5.02 Å². The zero-order chi connectivity index (χ0) is 25.1. The van der Waals surface area contributed by atoms with Crippen molar-refractivity contribution >= 4 is 29.0 Å². The number of nitrogens with two attached hydrogens (primary N) is 1. The molecule has 0 saturated heterocycles. The van der Waals surface area contributed by atoms with Gasteiger partial charge in [0.2, 0.25) is 5.91 Å². The number of anilines is 2. The number of hydrogen-bond acceptors (Lipinski definition) is 5. The first kappa shape index (κ1) is 24.8. The lowest BCUT2D eigenvalue weighted by molar-refractivity contribution is -0.120. The summed E-state index contributed by atoms with van der Waals surface area (Å²) in [6.45, 7) is 4.39. The van der Waals surface area contributed by atoms with E-state index in [-0.39, 0.29) is 43.1 Å². The predicted molar refractivity (Wildman–Crippen MR) is 139 cm³/mol. The summed E-state index contributed by atoms with van der Waals surface area (Å²) >= 11 is 6.04. The summed E-state index contributed by atoms with van der Waals surface area (Å²) in [7, 11) is 0. The minimum atomic E-state index is -0.671. The number of likely N-dealkylation sites (N-methyl/N-ethyl adjacent to an activating group) is 1. The van der Waals surface area contributed by atoms with E-state index in [0.717, 1.165) is 24.0 Å². The number of rotatable bonds is 9. The number of benzene rings is 2. The van der Waals surface area contributed by atoms with Gasteiger partial charge in [0.1, 0.15) is 5.82 Å². The lowest BCUT2D eigenvalue weighted by Crippen LogP contribution is -2.46. The molecule has 4 rings (SSSR count). The van der Waals surface area contributed by atoms with Crippen molar-refractivity contribution in [2.75, 3.05) is 23.7 Å². The predicted octanol–water partition coefficient (Wildman–Crippen LogP) is 3.40. The maximum Gasteiger partial charge on any atom is 0.330 e. The highest BCUT2D eigenvalue weighted by molar-refractivity contribution is 6.30. The highest BCUT2D eigenvalue weighted by Crippen LogP contribution is 2.34. The van der Waals surface area contributed by atoms with Gasteiger partial charge in [-0.15, -0.1) is 0 Å². The van der Waals surface area contributed by atoms with Crippen LogP contribution in [-0.2, 0) is 11.3 Å². The van der Waals surface area contributed by atoms with E-state index in [0.29, 0.717) is 11.1 Å². The molecule has 1 aliphatic rings. The topological polar surface area (TPSA) is 104 Å². The molecule has 1 saturated carbocycles. The number of nitrogen functional groups attached to an aromatic ring is 1. The summed E-state index contributed by atoms with van der Waals surface area (Å²) in [6.07, 6.45) is 2.03. The molecule has 1 unspecified atom stereocenters. The maximum absolute atomic E-state index is 13.5. The first-order chi connectivity index (χ1) is 16.8. The van der Waals surface area contributed by atoms with Crippen LogP contribution in [0.3, 0.4) is 0 Å². The number of aromatic amines is 1.